The van der Waals surface area contributed by atoms with Gasteiger partial charge in [0.2, 0.25) is 5.60 Å². The molecule has 1 atom stereocenters. The van der Waals surface area contributed by atoms with Crippen molar-refractivity contribution in [2.24, 2.45) is 0 Å². The number of nitro groups is 1. The summed E-state index contributed by atoms with van der Waals surface area (Å²) in [4.78, 5) is 10.2. The van der Waals surface area contributed by atoms with Crippen LogP contribution in [0.25, 0.3) is 5.57 Å². The lowest BCUT2D eigenvalue weighted by molar-refractivity contribution is -0.384. The number of ether oxygens (including phenoxy) is 1. The number of epoxide rings is 1. The molecular formula is C23H26F3NO3. The largest absolute Gasteiger partial charge is 0.424 e. The Morgan fingerprint density at radius 2 is 1.83 bits per heavy atom. The van der Waals surface area contributed by atoms with E-state index in [0.717, 1.165) is 6.42 Å². The van der Waals surface area contributed by atoms with E-state index >= 15 is 0 Å². The predicted octanol–water partition coefficient (Wildman–Crippen LogP) is 6.67. The number of alkyl halides is 3. The van der Waals surface area contributed by atoms with Gasteiger partial charge in [-0.15, -0.1) is 0 Å². The van der Waals surface area contributed by atoms with Gasteiger partial charge in [-0.1, -0.05) is 56.7 Å². The van der Waals surface area contributed by atoms with Crippen molar-refractivity contribution in [3.63, 3.8) is 0 Å². The summed E-state index contributed by atoms with van der Waals surface area (Å²) in [6.07, 6.45) is -0.674. The highest BCUT2D eigenvalue weighted by atomic mass is 19.4. The standard InChI is InChI=1S/C15H16F3NO3.C8H10/c1-3-4-5-13(14(9-22-14)15(16,17)18)12-7-6-11(19(20)21)8-10(12)2;1-2-8-6-4-3-5-7-8/h5-8H,3-4,9H2,1-2H3;3-7H,2H2,1H3/b13-5+;. The summed E-state index contributed by atoms with van der Waals surface area (Å²) in [5.41, 5.74) is -0.191. The Bertz CT molecular complexity index is 888. The van der Waals surface area contributed by atoms with Crippen molar-refractivity contribution >= 4 is 11.3 Å². The highest BCUT2D eigenvalue weighted by Crippen LogP contribution is 2.53. The highest BCUT2D eigenvalue weighted by molar-refractivity contribution is 5.78. The normalized spacial score (nSPS) is 18.4. The van der Waals surface area contributed by atoms with Crippen molar-refractivity contribution in [2.75, 3.05) is 6.61 Å². The highest BCUT2D eigenvalue weighted by Gasteiger charge is 2.68. The molecule has 0 aromatic heterocycles. The topological polar surface area (TPSA) is 55.7 Å². The zero-order valence-electron chi connectivity index (χ0n) is 17.3. The number of hydrogen-bond acceptors (Lipinski definition) is 3. The smallest absolute Gasteiger partial charge is 0.355 e. The first-order chi connectivity index (χ1) is 14.2. The second-order valence-electron chi connectivity index (χ2n) is 7.12. The quantitative estimate of drug-likeness (QED) is 0.297. The third-order valence-electron chi connectivity index (χ3n) is 4.93. The molecular weight excluding hydrogens is 395 g/mol. The molecule has 4 nitrogen and oxygen atoms in total. The van der Waals surface area contributed by atoms with Gasteiger partial charge in [-0.3, -0.25) is 10.1 Å². The molecule has 3 rings (SSSR count). The molecule has 1 aliphatic heterocycles. The van der Waals surface area contributed by atoms with Gasteiger partial charge in [0.25, 0.3) is 5.69 Å². The maximum absolute atomic E-state index is 13.3. The Morgan fingerprint density at radius 1 is 1.20 bits per heavy atom. The van der Waals surface area contributed by atoms with Gasteiger partial charge in [0.15, 0.2) is 0 Å². The third kappa shape index (κ3) is 5.48. The minimum atomic E-state index is -4.51. The first-order valence-electron chi connectivity index (χ1n) is 9.87. The summed E-state index contributed by atoms with van der Waals surface area (Å²) in [5, 5.41) is 10.8. The van der Waals surface area contributed by atoms with E-state index in [-0.39, 0.29) is 11.3 Å². The van der Waals surface area contributed by atoms with Crippen LogP contribution in [-0.2, 0) is 11.2 Å². The number of allylic oxidation sites excluding steroid dienone is 1. The van der Waals surface area contributed by atoms with E-state index in [1.54, 1.807) is 6.92 Å². The fraction of sp³-hybridized carbons (Fsp3) is 0.391. The molecule has 2 aromatic rings. The molecule has 1 saturated heterocycles. The van der Waals surface area contributed by atoms with Crippen LogP contribution in [0.4, 0.5) is 18.9 Å². The number of halogens is 3. The molecule has 0 radical (unpaired) electrons. The van der Waals surface area contributed by atoms with E-state index in [9.17, 15) is 23.3 Å². The lowest BCUT2D eigenvalue weighted by Crippen LogP contribution is -2.34. The van der Waals surface area contributed by atoms with E-state index in [1.165, 1.54) is 29.8 Å². The van der Waals surface area contributed by atoms with Crippen LogP contribution in [0.5, 0.6) is 0 Å². The molecule has 1 aliphatic rings. The second kappa shape index (κ2) is 9.89. The van der Waals surface area contributed by atoms with Crippen LogP contribution in [0.1, 0.15) is 43.4 Å². The van der Waals surface area contributed by atoms with Crippen molar-refractivity contribution < 1.29 is 22.8 Å². The summed E-state index contributed by atoms with van der Waals surface area (Å²) in [7, 11) is 0. The molecule has 0 saturated carbocycles. The number of nitro benzene ring substituents is 1. The van der Waals surface area contributed by atoms with Crippen LogP contribution in [-0.4, -0.2) is 23.3 Å². The Hall–Kier alpha value is -2.67. The summed E-state index contributed by atoms with van der Waals surface area (Å²) in [6.45, 7) is 5.18. The monoisotopic (exact) mass is 421 g/mol. The minimum absolute atomic E-state index is 0.0502. The molecule has 0 aliphatic carbocycles. The lowest BCUT2D eigenvalue weighted by atomic mass is 9.88. The maximum Gasteiger partial charge on any atom is 0.424 e. The fourth-order valence-electron chi connectivity index (χ4n) is 3.10. The second-order valence-corrected chi connectivity index (χ2v) is 7.12. The van der Waals surface area contributed by atoms with Crippen molar-refractivity contribution in [2.45, 2.75) is 51.8 Å². The molecule has 7 heteroatoms. The SMILES string of the molecule is CCC/C=C(\c1ccc([N+](=O)[O-])cc1C)C1(C(F)(F)F)CO1.CCc1ccccc1. The van der Waals surface area contributed by atoms with Crippen molar-refractivity contribution in [3.05, 3.63) is 81.4 Å². The van der Waals surface area contributed by atoms with Crippen LogP contribution in [0, 0.1) is 17.0 Å². The first-order valence-corrected chi connectivity index (χ1v) is 9.87. The van der Waals surface area contributed by atoms with Crippen molar-refractivity contribution in [1.82, 2.24) is 0 Å². The molecule has 0 bridgehead atoms. The van der Waals surface area contributed by atoms with E-state index in [4.69, 9.17) is 4.74 Å². The van der Waals surface area contributed by atoms with Crippen LogP contribution >= 0.6 is 0 Å². The lowest BCUT2D eigenvalue weighted by Gasteiger charge is -2.21. The third-order valence-corrected chi connectivity index (χ3v) is 4.93. The summed E-state index contributed by atoms with van der Waals surface area (Å²) < 4.78 is 44.8. The van der Waals surface area contributed by atoms with Crippen LogP contribution in [0.15, 0.2) is 54.6 Å². The first kappa shape index (κ1) is 23.6. The predicted molar refractivity (Wildman–Crippen MR) is 111 cm³/mol. The zero-order chi connectivity index (χ0) is 22.4. The number of aryl methyl sites for hydroxylation is 2. The van der Waals surface area contributed by atoms with Gasteiger partial charge in [0.05, 0.1) is 11.5 Å². The van der Waals surface area contributed by atoms with Gasteiger partial charge in [-0.2, -0.15) is 13.2 Å². The van der Waals surface area contributed by atoms with E-state index in [2.05, 4.69) is 31.2 Å². The summed E-state index contributed by atoms with van der Waals surface area (Å²) in [5.74, 6) is 0. The molecule has 0 amide bonds. The molecule has 1 heterocycles. The molecule has 1 unspecified atom stereocenters. The summed E-state index contributed by atoms with van der Waals surface area (Å²) >= 11 is 0. The van der Waals surface area contributed by atoms with Gasteiger partial charge in [-0.25, -0.2) is 0 Å². The van der Waals surface area contributed by atoms with Crippen molar-refractivity contribution in [1.29, 1.82) is 0 Å². The number of benzene rings is 2. The van der Waals surface area contributed by atoms with Gasteiger partial charge in [0, 0.05) is 12.1 Å². The molecule has 1 fully saturated rings. The Kier molecular flexibility index (Phi) is 7.78. The molecule has 2 aromatic carbocycles. The van der Waals surface area contributed by atoms with Gasteiger partial charge < -0.3 is 4.74 Å². The van der Waals surface area contributed by atoms with E-state index < -0.39 is 23.3 Å². The van der Waals surface area contributed by atoms with Gasteiger partial charge in [0.1, 0.15) is 0 Å². The Labute approximate surface area is 174 Å². The number of non-ortho nitro benzene ring substituents is 1. The minimum Gasteiger partial charge on any atom is -0.355 e. The number of unbranched alkanes of at least 4 members (excludes halogenated alkanes) is 1. The van der Waals surface area contributed by atoms with E-state index in [0.29, 0.717) is 24.0 Å². The molecule has 30 heavy (non-hydrogen) atoms. The Morgan fingerprint density at radius 3 is 2.23 bits per heavy atom. The zero-order valence-corrected chi connectivity index (χ0v) is 17.3. The van der Waals surface area contributed by atoms with Crippen LogP contribution in [0.3, 0.4) is 0 Å². The number of rotatable bonds is 6. The van der Waals surface area contributed by atoms with E-state index in [1.807, 2.05) is 13.0 Å². The average Bonchev–Trinajstić information content (AvgIpc) is 3.52. The van der Waals surface area contributed by atoms with Gasteiger partial charge in [-0.05, 0) is 48.1 Å². The Balaban J connectivity index is 0.000000335. The maximum atomic E-state index is 13.3. The van der Waals surface area contributed by atoms with Crippen molar-refractivity contribution in [3.8, 4) is 0 Å². The number of nitrogens with zero attached hydrogens (tertiary/aromatic N) is 1. The van der Waals surface area contributed by atoms with Crippen LogP contribution < -0.4 is 0 Å². The molecule has 0 N–H and O–H groups in total. The van der Waals surface area contributed by atoms with Crippen LogP contribution in [0.2, 0.25) is 0 Å². The fourth-order valence-corrected chi connectivity index (χ4v) is 3.10. The van der Waals surface area contributed by atoms with Gasteiger partial charge >= 0.3 is 6.18 Å². The molecule has 162 valence electrons. The average molecular weight is 421 g/mol. The summed E-state index contributed by atoms with van der Waals surface area (Å²) in [6, 6.07) is 14.3. The number of hydrogen-bond donors (Lipinski definition) is 0. The molecule has 0 spiro atoms.